The Balaban J connectivity index is 0.000000663. The molecule has 4 rings (SSSR count). The van der Waals surface area contributed by atoms with Crippen molar-refractivity contribution in [3.63, 3.8) is 0 Å². The molecule has 1 aromatic heterocycles. The minimum Gasteiger partial charge on any atom is -0.473 e. The van der Waals surface area contributed by atoms with Gasteiger partial charge >= 0.3 is 11.9 Å². The highest BCUT2D eigenvalue weighted by molar-refractivity contribution is 6.27. The summed E-state index contributed by atoms with van der Waals surface area (Å²) in [6, 6.07) is 16.3. The van der Waals surface area contributed by atoms with E-state index in [4.69, 9.17) is 24.6 Å². The first-order valence-corrected chi connectivity index (χ1v) is 12.5. The van der Waals surface area contributed by atoms with Gasteiger partial charge in [-0.15, -0.1) is 0 Å². The average molecular weight is 554 g/mol. The molecule has 40 heavy (non-hydrogen) atoms. The zero-order valence-corrected chi connectivity index (χ0v) is 21.6. The Hall–Kier alpha value is -4.67. The molecule has 9 nitrogen and oxygen atoms in total. The SMILES string of the molecule is O=C(CCC(c1ccc(F)cc1)c1ccc(F)cc1)N1CCC(=NOCc2ccncc2)CC1.O=C(O)C(=O)O. The Morgan fingerprint density at radius 2 is 1.35 bits per heavy atom. The molecule has 1 saturated heterocycles. The number of oxime groups is 1. The van der Waals surface area contributed by atoms with E-state index in [-0.39, 0.29) is 23.5 Å². The van der Waals surface area contributed by atoms with Gasteiger partial charge in [0.15, 0.2) is 0 Å². The number of hydrogen-bond acceptors (Lipinski definition) is 6. The first kappa shape index (κ1) is 29.9. The number of benzene rings is 2. The van der Waals surface area contributed by atoms with Crippen LogP contribution >= 0.6 is 0 Å². The maximum atomic E-state index is 13.4. The number of piperidine rings is 1. The molecule has 2 N–H and O–H groups in total. The Labute approximate surface area is 229 Å². The molecule has 2 aromatic carbocycles. The van der Waals surface area contributed by atoms with Crippen molar-refractivity contribution in [2.24, 2.45) is 5.16 Å². The van der Waals surface area contributed by atoms with E-state index in [1.165, 1.54) is 24.3 Å². The number of aliphatic carboxylic acids is 2. The van der Waals surface area contributed by atoms with Gasteiger partial charge in [0.25, 0.3) is 0 Å². The van der Waals surface area contributed by atoms with Crippen molar-refractivity contribution in [2.75, 3.05) is 13.1 Å². The number of likely N-dealkylation sites (tertiary alicyclic amines) is 1. The number of hydrogen-bond donors (Lipinski definition) is 2. The number of carbonyl (C=O) groups is 3. The number of aromatic nitrogens is 1. The van der Waals surface area contributed by atoms with Gasteiger partial charge in [-0.1, -0.05) is 29.4 Å². The van der Waals surface area contributed by atoms with Crippen molar-refractivity contribution in [3.05, 3.63) is 101 Å². The zero-order chi connectivity index (χ0) is 28.9. The first-order valence-electron chi connectivity index (χ1n) is 12.5. The second-order valence-corrected chi connectivity index (χ2v) is 8.97. The van der Waals surface area contributed by atoms with Gasteiger partial charge < -0.3 is 20.0 Å². The Bertz CT molecular complexity index is 1230. The van der Waals surface area contributed by atoms with Gasteiger partial charge in [-0.3, -0.25) is 9.78 Å². The van der Waals surface area contributed by atoms with E-state index in [2.05, 4.69) is 10.1 Å². The number of rotatable bonds is 8. The van der Waals surface area contributed by atoms with Crippen molar-refractivity contribution < 1.29 is 38.2 Å². The second-order valence-electron chi connectivity index (χ2n) is 8.97. The third-order valence-electron chi connectivity index (χ3n) is 6.24. The van der Waals surface area contributed by atoms with Crippen LogP contribution in [0.2, 0.25) is 0 Å². The lowest BCUT2D eigenvalue weighted by atomic mass is 9.87. The Morgan fingerprint density at radius 3 is 1.82 bits per heavy atom. The van der Waals surface area contributed by atoms with Crippen molar-refractivity contribution in [1.82, 2.24) is 9.88 Å². The van der Waals surface area contributed by atoms with Gasteiger partial charge in [-0.25, -0.2) is 18.4 Å². The van der Waals surface area contributed by atoms with Crippen LogP contribution in [0.4, 0.5) is 8.78 Å². The van der Waals surface area contributed by atoms with Gasteiger partial charge in [0.2, 0.25) is 5.91 Å². The molecular weight excluding hydrogens is 524 g/mol. The molecule has 0 unspecified atom stereocenters. The van der Waals surface area contributed by atoms with Gasteiger partial charge in [0.05, 0.1) is 5.71 Å². The highest BCUT2D eigenvalue weighted by atomic mass is 19.1. The summed E-state index contributed by atoms with van der Waals surface area (Å²) in [5, 5.41) is 19.0. The number of carboxylic acids is 2. The average Bonchev–Trinajstić information content (AvgIpc) is 2.96. The fourth-order valence-electron chi connectivity index (χ4n) is 4.12. The van der Waals surface area contributed by atoms with Gasteiger partial charge in [-0.2, -0.15) is 0 Å². The Morgan fingerprint density at radius 1 is 0.850 bits per heavy atom. The number of pyridine rings is 1. The van der Waals surface area contributed by atoms with Crippen molar-refractivity contribution >= 4 is 23.6 Å². The smallest absolute Gasteiger partial charge is 0.414 e. The molecule has 1 fully saturated rings. The lowest BCUT2D eigenvalue weighted by molar-refractivity contribution is -0.159. The van der Waals surface area contributed by atoms with E-state index >= 15 is 0 Å². The lowest BCUT2D eigenvalue weighted by Gasteiger charge is -2.28. The normalized spacial score (nSPS) is 12.8. The summed E-state index contributed by atoms with van der Waals surface area (Å²) in [4.78, 5) is 42.4. The highest BCUT2D eigenvalue weighted by Crippen LogP contribution is 2.30. The van der Waals surface area contributed by atoms with Gasteiger partial charge in [0, 0.05) is 50.7 Å². The first-order chi connectivity index (χ1) is 19.2. The van der Waals surface area contributed by atoms with Crippen LogP contribution in [0.15, 0.2) is 78.2 Å². The summed E-state index contributed by atoms with van der Waals surface area (Å²) >= 11 is 0. The van der Waals surface area contributed by atoms with E-state index in [0.29, 0.717) is 45.4 Å². The van der Waals surface area contributed by atoms with Crippen LogP contribution in [0.1, 0.15) is 48.3 Å². The summed E-state index contributed by atoms with van der Waals surface area (Å²) < 4.78 is 26.9. The fraction of sp³-hybridized carbons (Fsp3) is 0.276. The standard InChI is InChI=1S/C27H27F2N3O2.C2H2O4/c28-23-5-1-21(2-6-23)26(22-3-7-24(29)8-4-22)9-10-27(33)32-17-13-25(14-18-32)31-34-19-20-11-15-30-16-12-20;3-1(4)2(5)6/h1-8,11-12,15-16,26H,9-10,13-14,17-19H2;(H,3,4)(H,5,6). The van der Waals surface area contributed by atoms with Crippen molar-refractivity contribution in [3.8, 4) is 0 Å². The van der Waals surface area contributed by atoms with Crippen LogP contribution in [0.5, 0.6) is 0 Å². The number of amides is 1. The minimum atomic E-state index is -1.82. The van der Waals surface area contributed by atoms with Crippen LogP contribution in [-0.4, -0.2) is 56.7 Å². The highest BCUT2D eigenvalue weighted by Gasteiger charge is 2.22. The topological polar surface area (TPSA) is 129 Å². The summed E-state index contributed by atoms with van der Waals surface area (Å²) in [5.74, 6) is -4.31. The van der Waals surface area contributed by atoms with E-state index in [0.717, 1.165) is 22.4 Å². The van der Waals surface area contributed by atoms with Crippen LogP contribution in [-0.2, 0) is 25.8 Å². The van der Waals surface area contributed by atoms with E-state index in [1.54, 1.807) is 36.7 Å². The van der Waals surface area contributed by atoms with Crippen LogP contribution in [0.25, 0.3) is 0 Å². The predicted octanol–water partition coefficient (Wildman–Crippen LogP) is 4.62. The van der Waals surface area contributed by atoms with Crippen molar-refractivity contribution in [2.45, 2.75) is 38.2 Å². The van der Waals surface area contributed by atoms with E-state index in [1.807, 2.05) is 17.0 Å². The van der Waals surface area contributed by atoms with Crippen molar-refractivity contribution in [1.29, 1.82) is 0 Å². The minimum absolute atomic E-state index is 0.0750. The molecule has 0 atom stereocenters. The molecule has 0 radical (unpaired) electrons. The number of halogens is 2. The molecule has 210 valence electrons. The summed E-state index contributed by atoms with van der Waals surface area (Å²) in [7, 11) is 0. The quantitative estimate of drug-likeness (QED) is 0.308. The fourth-order valence-corrected chi connectivity index (χ4v) is 4.12. The molecule has 0 aliphatic carbocycles. The molecule has 11 heteroatoms. The number of carboxylic acid groups (broad SMARTS) is 2. The van der Waals surface area contributed by atoms with Crippen LogP contribution < -0.4 is 0 Å². The summed E-state index contributed by atoms with van der Waals surface area (Å²) in [5.41, 5.74) is 3.76. The third kappa shape index (κ3) is 9.57. The number of carbonyl (C=O) groups excluding carboxylic acids is 1. The molecule has 0 spiro atoms. The molecule has 0 saturated carbocycles. The molecule has 1 amide bonds. The second kappa shape index (κ2) is 15.1. The van der Waals surface area contributed by atoms with E-state index < -0.39 is 11.9 Å². The molecule has 1 aliphatic rings. The third-order valence-corrected chi connectivity index (χ3v) is 6.24. The maximum Gasteiger partial charge on any atom is 0.414 e. The molecule has 1 aliphatic heterocycles. The predicted molar refractivity (Wildman–Crippen MR) is 141 cm³/mol. The largest absolute Gasteiger partial charge is 0.473 e. The van der Waals surface area contributed by atoms with Crippen LogP contribution in [0.3, 0.4) is 0 Å². The van der Waals surface area contributed by atoms with E-state index in [9.17, 15) is 13.6 Å². The molecule has 0 bridgehead atoms. The summed E-state index contributed by atoms with van der Waals surface area (Å²) in [6.07, 6.45) is 5.70. The van der Waals surface area contributed by atoms with Crippen LogP contribution in [0, 0.1) is 11.6 Å². The molecule has 3 aromatic rings. The number of nitrogens with zero attached hydrogens (tertiary/aromatic N) is 3. The summed E-state index contributed by atoms with van der Waals surface area (Å²) in [6.45, 7) is 1.60. The molecular formula is C29H29F2N3O6. The molecule has 2 heterocycles. The van der Waals surface area contributed by atoms with Gasteiger partial charge in [0.1, 0.15) is 18.2 Å². The Kier molecular flexibility index (Phi) is 11.2. The maximum absolute atomic E-state index is 13.4. The zero-order valence-electron chi connectivity index (χ0n) is 21.6. The van der Waals surface area contributed by atoms with Gasteiger partial charge in [-0.05, 0) is 59.5 Å². The lowest BCUT2D eigenvalue weighted by Crippen LogP contribution is -2.38. The monoisotopic (exact) mass is 553 g/mol.